The van der Waals surface area contributed by atoms with Crippen molar-refractivity contribution < 1.29 is 27.1 Å². The van der Waals surface area contributed by atoms with E-state index >= 15 is 0 Å². The lowest BCUT2D eigenvalue weighted by Gasteiger charge is -2.07. The van der Waals surface area contributed by atoms with Crippen molar-refractivity contribution in [3.05, 3.63) is 58.1 Å². The van der Waals surface area contributed by atoms with E-state index in [-0.39, 0.29) is 27.2 Å². The molecule has 0 aliphatic heterocycles. The fourth-order valence-corrected chi connectivity index (χ4v) is 4.67. The normalized spacial score (nSPS) is 13.0. The van der Waals surface area contributed by atoms with Gasteiger partial charge in [-0.15, -0.1) is 0 Å². The monoisotopic (exact) mass is 487 g/mol. The molecule has 3 rings (SSSR count). The van der Waals surface area contributed by atoms with Crippen LogP contribution in [0.1, 0.15) is 21.5 Å². The number of aromatic nitrogens is 1. The number of anilines is 1. The number of amides is 3. The predicted octanol–water partition coefficient (Wildman–Crippen LogP) is 3.36. The van der Waals surface area contributed by atoms with Crippen LogP contribution < -0.4 is 10.6 Å². The van der Waals surface area contributed by atoms with Gasteiger partial charge in [0.2, 0.25) is 0 Å². The van der Waals surface area contributed by atoms with Gasteiger partial charge in [0.1, 0.15) is 0 Å². The summed E-state index contributed by atoms with van der Waals surface area (Å²) in [6.07, 6.45) is 0. The number of imide groups is 1. The third-order valence-corrected chi connectivity index (χ3v) is 6.17. The fourth-order valence-electron chi connectivity index (χ4n) is 2.53. The van der Waals surface area contributed by atoms with Crippen molar-refractivity contribution in [2.45, 2.75) is 11.5 Å². The molecule has 158 valence electrons. The van der Waals surface area contributed by atoms with Crippen molar-refractivity contribution in [3.8, 4) is 0 Å². The second-order valence-corrected chi connectivity index (χ2v) is 9.28. The van der Waals surface area contributed by atoms with Crippen LogP contribution in [0.25, 0.3) is 10.2 Å². The molecule has 0 fully saturated rings. The maximum atomic E-state index is 12.3. The van der Waals surface area contributed by atoms with Crippen LogP contribution in [0.2, 0.25) is 5.02 Å². The van der Waals surface area contributed by atoms with E-state index < -0.39 is 34.1 Å². The molecule has 1 heterocycles. The Labute approximate surface area is 184 Å². The quantitative estimate of drug-likeness (QED) is 0.390. The van der Waals surface area contributed by atoms with Crippen LogP contribution in [-0.2, 0) is 33.7 Å². The third kappa shape index (κ3) is 5.90. The smallest absolute Gasteiger partial charge is 0.306 e. The van der Waals surface area contributed by atoms with E-state index in [0.29, 0.717) is 21.3 Å². The maximum Gasteiger partial charge on any atom is 0.327 e. The van der Waals surface area contributed by atoms with E-state index in [1.165, 1.54) is 18.2 Å². The summed E-state index contributed by atoms with van der Waals surface area (Å²) in [6, 6.07) is 8.44. The Morgan fingerprint density at radius 1 is 1.03 bits per heavy atom. The minimum Gasteiger partial charge on any atom is -0.306 e. The largest absolute Gasteiger partial charge is 0.327 e. The lowest BCUT2D eigenvalue weighted by atomic mass is 10.1. The Hall–Kier alpha value is -2.22. The van der Waals surface area contributed by atoms with Gasteiger partial charge in [-0.2, -0.15) is 0 Å². The number of urea groups is 1. The van der Waals surface area contributed by atoms with Gasteiger partial charge in [0.15, 0.2) is 27.3 Å². The molecule has 3 amide bonds. The summed E-state index contributed by atoms with van der Waals surface area (Å²) >= 11 is 3.17. The molecular formula is C17H14ClN3O6S3. The van der Waals surface area contributed by atoms with Crippen molar-refractivity contribution in [2.24, 2.45) is 0 Å². The summed E-state index contributed by atoms with van der Waals surface area (Å²) in [5, 5.41) is 4.88. The first-order valence-corrected chi connectivity index (χ1v) is 11.9. The highest BCUT2D eigenvalue weighted by molar-refractivity contribution is 7.78. The van der Waals surface area contributed by atoms with Gasteiger partial charge in [-0.3, -0.25) is 15.4 Å². The van der Waals surface area contributed by atoms with Gasteiger partial charge in [-0.05, 0) is 35.4 Å². The zero-order valence-electron chi connectivity index (χ0n) is 15.0. The Morgan fingerprint density at radius 2 is 1.67 bits per heavy atom. The van der Waals surface area contributed by atoms with Gasteiger partial charge in [0.05, 0.1) is 32.3 Å². The molecule has 0 radical (unpaired) electrons. The second kappa shape index (κ2) is 9.73. The van der Waals surface area contributed by atoms with Crippen LogP contribution >= 0.6 is 22.9 Å². The van der Waals surface area contributed by atoms with Crippen molar-refractivity contribution in [3.63, 3.8) is 0 Å². The molecule has 30 heavy (non-hydrogen) atoms. The van der Waals surface area contributed by atoms with E-state index in [9.17, 15) is 18.0 Å². The average molecular weight is 488 g/mol. The van der Waals surface area contributed by atoms with Gasteiger partial charge in [0, 0.05) is 0 Å². The van der Waals surface area contributed by atoms with E-state index in [0.717, 1.165) is 11.3 Å². The van der Waals surface area contributed by atoms with Crippen molar-refractivity contribution in [1.82, 2.24) is 10.3 Å². The van der Waals surface area contributed by atoms with E-state index in [2.05, 4.69) is 15.6 Å². The first-order valence-electron chi connectivity index (χ1n) is 8.16. The molecular weight excluding hydrogens is 474 g/mol. The zero-order chi connectivity index (χ0) is 21.8. The Kier molecular flexibility index (Phi) is 7.28. The maximum absolute atomic E-state index is 12.3. The van der Waals surface area contributed by atoms with Crippen LogP contribution in [0.15, 0.2) is 36.4 Å². The topological polar surface area (TPSA) is 146 Å². The summed E-state index contributed by atoms with van der Waals surface area (Å²) in [5.41, 5.74) is 1.75. The van der Waals surface area contributed by atoms with Gasteiger partial charge >= 0.3 is 6.03 Å². The molecule has 2 unspecified atom stereocenters. The molecule has 2 aromatic carbocycles. The number of carbonyl (C=O) groups excluding carboxylic acids is 2. The molecule has 0 bridgehead atoms. The number of halogens is 1. The van der Waals surface area contributed by atoms with Gasteiger partial charge in [-0.1, -0.05) is 35.1 Å². The Balaban J connectivity index is 1.67. The average Bonchev–Trinajstić information content (AvgIpc) is 3.01. The highest BCUT2D eigenvalue weighted by atomic mass is 35.5. The molecule has 3 aromatic rings. The molecule has 1 aromatic heterocycles. The summed E-state index contributed by atoms with van der Waals surface area (Å²) in [6.45, 7) is 0. The number of thiazole rings is 1. The minimum absolute atomic E-state index is 0.0145. The van der Waals surface area contributed by atoms with Gasteiger partial charge in [0.25, 0.3) is 5.91 Å². The summed E-state index contributed by atoms with van der Waals surface area (Å²) < 4.78 is 40.4. The van der Waals surface area contributed by atoms with E-state index in [1.54, 1.807) is 18.2 Å². The fraction of sp³-hybridized carbons (Fsp3) is 0.118. The SMILES string of the molecule is O=C(NC(=O)c1ccc(CS(=O)O)cc1Cl)Nc1nc2ccc(CS(=O)O)cc2s1. The molecule has 13 heteroatoms. The lowest BCUT2D eigenvalue weighted by Crippen LogP contribution is -2.34. The summed E-state index contributed by atoms with van der Waals surface area (Å²) in [4.78, 5) is 28.7. The number of nitrogens with one attached hydrogen (secondary N) is 2. The second-order valence-electron chi connectivity index (χ2n) is 5.98. The number of hydrogen-bond donors (Lipinski definition) is 4. The standard InChI is InChI=1S/C17H14ClN3O6S3/c18-12-5-9(7-29(24)25)1-3-11(12)15(22)20-16(23)21-17-19-13-4-2-10(8-30(26)27)6-14(13)28-17/h1-6H,7-8H2,(H,24,25)(H,26,27)(H2,19,20,21,22,23). The van der Waals surface area contributed by atoms with E-state index in [4.69, 9.17) is 20.7 Å². The van der Waals surface area contributed by atoms with Crippen molar-refractivity contribution >= 4 is 72.4 Å². The molecule has 0 spiro atoms. The van der Waals surface area contributed by atoms with Crippen LogP contribution in [-0.4, -0.2) is 34.4 Å². The van der Waals surface area contributed by atoms with Gasteiger partial charge in [-0.25, -0.2) is 18.2 Å². The van der Waals surface area contributed by atoms with Crippen molar-refractivity contribution in [2.75, 3.05) is 5.32 Å². The molecule has 0 aliphatic rings. The molecule has 9 nitrogen and oxygen atoms in total. The highest BCUT2D eigenvalue weighted by Crippen LogP contribution is 2.27. The molecule has 0 saturated heterocycles. The number of rotatable bonds is 6. The molecule has 0 aliphatic carbocycles. The minimum atomic E-state index is -2.04. The van der Waals surface area contributed by atoms with Gasteiger partial charge < -0.3 is 9.11 Å². The third-order valence-electron chi connectivity index (χ3n) is 3.76. The highest BCUT2D eigenvalue weighted by Gasteiger charge is 2.16. The van der Waals surface area contributed by atoms with Crippen LogP contribution in [0.4, 0.5) is 9.93 Å². The number of carbonyl (C=O) groups is 2. The number of hydrogen-bond acceptors (Lipinski definition) is 6. The van der Waals surface area contributed by atoms with Crippen LogP contribution in [0, 0.1) is 0 Å². The zero-order valence-corrected chi connectivity index (χ0v) is 18.2. The Morgan fingerprint density at radius 3 is 2.30 bits per heavy atom. The van der Waals surface area contributed by atoms with Crippen LogP contribution in [0.5, 0.6) is 0 Å². The Bertz CT molecular complexity index is 1180. The molecule has 2 atom stereocenters. The summed E-state index contributed by atoms with van der Waals surface area (Å²) in [7, 11) is 0. The predicted molar refractivity (Wildman–Crippen MR) is 117 cm³/mol. The number of fused-ring (bicyclic) bond motifs is 1. The first-order chi connectivity index (χ1) is 14.2. The van der Waals surface area contributed by atoms with Crippen molar-refractivity contribution in [1.29, 1.82) is 0 Å². The number of benzene rings is 2. The molecule has 0 saturated carbocycles. The number of nitrogens with zero attached hydrogens (tertiary/aromatic N) is 1. The summed E-state index contributed by atoms with van der Waals surface area (Å²) in [5.74, 6) is -0.891. The first kappa shape index (κ1) is 22.5. The van der Waals surface area contributed by atoms with Crippen LogP contribution in [0.3, 0.4) is 0 Å². The van der Waals surface area contributed by atoms with E-state index in [1.807, 2.05) is 0 Å². The molecule has 4 N–H and O–H groups in total. The lowest BCUT2D eigenvalue weighted by molar-refractivity contribution is 0.0967.